The zero-order valence-electron chi connectivity index (χ0n) is 16.7. The Labute approximate surface area is 180 Å². The molecule has 3 aromatic rings. The monoisotopic (exact) mass is 422 g/mol. The average Bonchev–Trinajstić information content (AvgIpc) is 3.38. The number of anilines is 2. The van der Waals surface area contributed by atoms with Gasteiger partial charge < -0.3 is 24.7 Å². The van der Waals surface area contributed by atoms with Gasteiger partial charge in [0.25, 0.3) is 0 Å². The first-order chi connectivity index (χ1) is 14.6. The molecule has 30 heavy (non-hydrogen) atoms. The average molecular weight is 423 g/mol. The van der Waals surface area contributed by atoms with Crippen molar-refractivity contribution in [3.05, 3.63) is 78.0 Å². The number of carbonyl (C=O) groups excluding carboxylic acids is 1. The highest BCUT2D eigenvalue weighted by Crippen LogP contribution is 2.42. The summed E-state index contributed by atoms with van der Waals surface area (Å²) in [6.45, 7) is 1.95. The van der Waals surface area contributed by atoms with Crippen LogP contribution in [0.15, 0.2) is 65.4 Å². The Morgan fingerprint density at radius 2 is 2.17 bits per heavy atom. The fourth-order valence-corrected chi connectivity index (χ4v) is 3.98. The molecule has 1 aromatic carbocycles. The summed E-state index contributed by atoms with van der Waals surface area (Å²) in [6.07, 6.45) is 3.42. The lowest BCUT2D eigenvalue weighted by Crippen LogP contribution is -2.29. The number of hydrogen-bond acceptors (Lipinski definition) is 5. The first-order valence-corrected chi connectivity index (χ1v) is 9.93. The predicted molar refractivity (Wildman–Crippen MR) is 118 cm³/mol. The number of furan rings is 1. The van der Waals surface area contributed by atoms with Gasteiger partial charge in [-0.15, -0.1) is 0 Å². The number of nitrogens with zero attached hydrogens (tertiary/aromatic N) is 2. The molecule has 0 aliphatic carbocycles. The van der Waals surface area contributed by atoms with Crippen molar-refractivity contribution >= 4 is 34.6 Å². The largest absolute Gasteiger partial charge is 0.467 e. The Hall–Kier alpha value is -3.23. The maximum Gasteiger partial charge on any atom is 0.250 e. The van der Waals surface area contributed by atoms with E-state index in [9.17, 15) is 4.79 Å². The number of aryl methyl sites for hydroxylation is 1. The van der Waals surface area contributed by atoms with Gasteiger partial charge in [-0.1, -0.05) is 6.07 Å². The second-order valence-corrected chi connectivity index (χ2v) is 7.38. The summed E-state index contributed by atoms with van der Waals surface area (Å²) in [4.78, 5) is 18.4. The van der Waals surface area contributed by atoms with E-state index in [2.05, 4.69) is 15.6 Å². The molecule has 1 fully saturated rings. The van der Waals surface area contributed by atoms with Crippen LogP contribution in [0.2, 0.25) is 0 Å². The Kier molecular flexibility index (Phi) is 5.78. The maximum atomic E-state index is 11.9. The second-order valence-electron chi connectivity index (χ2n) is 6.99. The van der Waals surface area contributed by atoms with Gasteiger partial charge in [0.1, 0.15) is 18.4 Å². The van der Waals surface area contributed by atoms with Crippen LogP contribution in [-0.4, -0.2) is 29.7 Å². The summed E-state index contributed by atoms with van der Waals surface area (Å²) in [5.74, 6) is 0.587. The van der Waals surface area contributed by atoms with Crippen molar-refractivity contribution in [3.63, 3.8) is 0 Å². The molecule has 2 N–H and O–H groups in total. The third kappa shape index (κ3) is 3.92. The minimum Gasteiger partial charge on any atom is -0.467 e. The Morgan fingerprint density at radius 3 is 2.83 bits per heavy atom. The van der Waals surface area contributed by atoms with E-state index in [0.29, 0.717) is 5.11 Å². The Balaban J connectivity index is 1.69. The molecular formula is C22H22N4O3S. The number of ether oxygens (including phenoxy) is 1. The van der Waals surface area contributed by atoms with E-state index in [-0.39, 0.29) is 24.6 Å². The summed E-state index contributed by atoms with van der Waals surface area (Å²) in [6, 6.07) is 15.1. The van der Waals surface area contributed by atoms with Crippen LogP contribution in [0.1, 0.15) is 29.1 Å². The van der Waals surface area contributed by atoms with Crippen LogP contribution in [0, 0.1) is 6.92 Å². The van der Waals surface area contributed by atoms with Crippen LogP contribution in [0.4, 0.5) is 11.4 Å². The van der Waals surface area contributed by atoms with E-state index >= 15 is 0 Å². The van der Waals surface area contributed by atoms with Crippen LogP contribution >= 0.6 is 12.2 Å². The van der Waals surface area contributed by atoms with E-state index in [4.69, 9.17) is 21.4 Å². The van der Waals surface area contributed by atoms with Gasteiger partial charge in [-0.05, 0) is 67.2 Å². The van der Waals surface area contributed by atoms with Crippen molar-refractivity contribution in [3.8, 4) is 0 Å². The first-order valence-electron chi connectivity index (χ1n) is 9.52. The number of amides is 1. The van der Waals surface area contributed by atoms with Crippen LogP contribution in [-0.2, 0) is 9.53 Å². The van der Waals surface area contributed by atoms with Crippen molar-refractivity contribution in [1.82, 2.24) is 10.3 Å². The van der Waals surface area contributed by atoms with E-state index < -0.39 is 0 Å². The molecule has 2 aromatic heterocycles. The number of aromatic nitrogens is 1. The number of methoxy groups -OCH3 is 1. The molecule has 1 amide bonds. The molecule has 3 heterocycles. The molecule has 0 saturated carbocycles. The predicted octanol–water partition coefficient (Wildman–Crippen LogP) is 3.75. The normalized spacial score (nSPS) is 18.3. The van der Waals surface area contributed by atoms with Gasteiger partial charge in [0.2, 0.25) is 5.91 Å². The molecule has 2 atom stereocenters. The summed E-state index contributed by atoms with van der Waals surface area (Å²) in [7, 11) is 1.49. The standard InChI is InChI=1S/C22H22N4O3S/c1-14-12-15(8-9-16(14)24-19(27)13-28-2)26-21(18-7-5-11-29-18)20(25-22(26)30)17-6-3-4-10-23-17/h3-12,20-21H,13H2,1-2H3,(H,24,27)(H,25,30)/t20-,21-/m0/s1. The third-order valence-corrected chi connectivity index (χ3v) is 5.29. The van der Waals surface area contributed by atoms with Crippen molar-refractivity contribution in [2.24, 2.45) is 0 Å². The Bertz CT molecular complexity index is 1040. The first kappa shape index (κ1) is 20.1. The fourth-order valence-electron chi connectivity index (χ4n) is 3.64. The molecule has 7 nitrogen and oxygen atoms in total. The SMILES string of the molecule is COCC(=O)Nc1ccc(N2C(=S)N[C@@H](c3ccccn3)[C@@H]2c2ccco2)cc1C. The van der Waals surface area contributed by atoms with E-state index in [1.165, 1.54) is 7.11 Å². The van der Waals surface area contributed by atoms with Crippen molar-refractivity contribution in [2.45, 2.75) is 19.0 Å². The van der Waals surface area contributed by atoms with Crippen molar-refractivity contribution in [1.29, 1.82) is 0 Å². The van der Waals surface area contributed by atoms with Crippen LogP contribution < -0.4 is 15.5 Å². The molecule has 4 rings (SSSR count). The quantitative estimate of drug-likeness (QED) is 0.586. The van der Waals surface area contributed by atoms with Gasteiger partial charge >= 0.3 is 0 Å². The van der Waals surface area contributed by atoms with E-state index in [0.717, 1.165) is 28.4 Å². The summed E-state index contributed by atoms with van der Waals surface area (Å²) in [5, 5.41) is 6.83. The van der Waals surface area contributed by atoms with Gasteiger partial charge in [0.15, 0.2) is 5.11 Å². The topological polar surface area (TPSA) is 79.6 Å². The lowest BCUT2D eigenvalue weighted by molar-refractivity contribution is -0.119. The lowest BCUT2D eigenvalue weighted by atomic mass is 10.0. The minimum absolute atomic E-state index is 0.00758. The van der Waals surface area contributed by atoms with Crippen LogP contribution in [0.25, 0.3) is 0 Å². The van der Waals surface area contributed by atoms with Crippen LogP contribution in [0.5, 0.6) is 0 Å². The number of nitrogens with one attached hydrogen (secondary N) is 2. The van der Waals surface area contributed by atoms with Gasteiger partial charge in [0.05, 0.1) is 18.0 Å². The highest BCUT2D eigenvalue weighted by Gasteiger charge is 2.42. The molecule has 0 bridgehead atoms. The second kappa shape index (κ2) is 8.64. The highest BCUT2D eigenvalue weighted by molar-refractivity contribution is 7.80. The molecule has 0 spiro atoms. The molecule has 8 heteroatoms. The summed E-state index contributed by atoms with van der Waals surface area (Å²) < 4.78 is 10.6. The summed E-state index contributed by atoms with van der Waals surface area (Å²) in [5.41, 5.74) is 3.42. The number of rotatable bonds is 6. The zero-order chi connectivity index (χ0) is 21.1. The number of carbonyl (C=O) groups is 1. The summed E-state index contributed by atoms with van der Waals surface area (Å²) >= 11 is 5.69. The van der Waals surface area contributed by atoms with Gasteiger partial charge in [-0.3, -0.25) is 9.78 Å². The fraction of sp³-hybridized carbons (Fsp3) is 0.227. The third-order valence-electron chi connectivity index (χ3n) is 4.97. The maximum absolute atomic E-state index is 11.9. The van der Waals surface area contributed by atoms with Gasteiger partial charge in [0, 0.05) is 24.7 Å². The number of thiocarbonyl (C=S) groups is 1. The molecule has 1 aliphatic heterocycles. The molecule has 1 aliphatic rings. The Morgan fingerprint density at radius 1 is 1.30 bits per heavy atom. The smallest absolute Gasteiger partial charge is 0.250 e. The molecule has 0 radical (unpaired) electrons. The van der Waals surface area contributed by atoms with E-state index in [1.807, 2.05) is 60.4 Å². The molecule has 1 saturated heterocycles. The van der Waals surface area contributed by atoms with Crippen molar-refractivity contribution < 1.29 is 13.9 Å². The zero-order valence-corrected chi connectivity index (χ0v) is 17.5. The van der Waals surface area contributed by atoms with E-state index in [1.54, 1.807) is 12.5 Å². The lowest BCUT2D eigenvalue weighted by Gasteiger charge is -2.26. The molecule has 154 valence electrons. The minimum atomic E-state index is -0.199. The highest BCUT2D eigenvalue weighted by atomic mass is 32.1. The molecule has 0 unspecified atom stereocenters. The van der Waals surface area contributed by atoms with Gasteiger partial charge in [-0.25, -0.2) is 0 Å². The number of benzene rings is 1. The number of pyridine rings is 1. The van der Waals surface area contributed by atoms with Gasteiger partial charge in [-0.2, -0.15) is 0 Å². The molecular weight excluding hydrogens is 400 g/mol. The number of hydrogen-bond donors (Lipinski definition) is 2. The van der Waals surface area contributed by atoms with Crippen LogP contribution in [0.3, 0.4) is 0 Å². The van der Waals surface area contributed by atoms with Crippen molar-refractivity contribution in [2.75, 3.05) is 23.9 Å².